The average Bonchev–Trinajstić information content (AvgIpc) is 2.14. The number of hydrogen-bond donors (Lipinski definition) is 1. The average molecular weight is 157 g/mol. The number of amides is 1. The van der Waals surface area contributed by atoms with Gasteiger partial charge in [-0.3, -0.25) is 4.79 Å². The highest BCUT2D eigenvalue weighted by Gasteiger charge is 2.12. The molecule has 0 aromatic rings. The molecule has 0 bridgehead atoms. The SMILES string of the molecule is CC(=O)NC1CCCOCC1. The molecular weight excluding hydrogens is 142 g/mol. The second-order valence-electron chi connectivity index (χ2n) is 2.94. The molecule has 1 aliphatic rings. The smallest absolute Gasteiger partial charge is 0.217 e. The summed E-state index contributed by atoms with van der Waals surface area (Å²) < 4.78 is 5.25. The Morgan fingerprint density at radius 2 is 2.27 bits per heavy atom. The molecule has 64 valence electrons. The van der Waals surface area contributed by atoms with Gasteiger partial charge in [0.15, 0.2) is 0 Å². The van der Waals surface area contributed by atoms with Crippen LogP contribution in [-0.4, -0.2) is 25.2 Å². The molecule has 0 aromatic heterocycles. The zero-order valence-electron chi connectivity index (χ0n) is 6.93. The van der Waals surface area contributed by atoms with E-state index in [2.05, 4.69) is 5.32 Å². The lowest BCUT2D eigenvalue weighted by molar-refractivity contribution is -0.119. The monoisotopic (exact) mass is 157 g/mol. The Labute approximate surface area is 67.1 Å². The largest absolute Gasteiger partial charge is 0.381 e. The first kappa shape index (κ1) is 8.53. The molecule has 11 heavy (non-hydrogen) atoms. The van der Waals surface area contributed by atoms with Gasteiger partial charge in [0.2, 0.25) is 5.91 Å². The van der Waals surface area contributed by atoms with Crippen LogP contribution in [0.3, 0.4) is 0 Å². The van der Waals surface area contributed by atoms with Crippen molar-refractivity contribution in [2.75, 3.05) is 13.2 Å². The Morgan fingerprint density at radius 3 is 3.00 bits per heavy atom. The van der Waals surface area contributed by atoms with Crippen LogP contribution in [0.2, 0.25) is 0 Å². The van der Waals surface area contributed by atoms with E-state index >= 15 is 0 Å². The van der Waals surface area contributed by atoms with Gasteiger partial charge in [0.25, 0.3) is 0 Å². The highest BCUT2D eigenvalue weighted by atomic mass is 16.5. The molecule has 1 heterocycles. The van der Waals surface area contributed by atoms with E-state index in [0.717, 1.165) is 32.5 Å². The predicted octanol–water partition coefficient (Wildman–Crippen LogP) is 0.692. The van der Waals surface area contributed by atoms with Crippen LogP contribution < -0.4 is 5.32 Å². The maximum atomic E-state index is 10.7. The molecular formula is C8H15NO2. The molecule has 1 unspecified atom stereocenters. The molecule has 0 aromatic carbocycles. The van der Waals surface area contributed by atoms with Crippen molar-refractivity contribution in [1.29, 1.82) is 0 Å². The van der Waals surface area contributed by atoms with Crippen LogP contribution in [0.1, 0.15) is 26.2 Å². The van der Waals surface area contributed by atoms with Crippen molar-refractivity contribution in [3.8, 4) is 0 Å². The van der Waals surface area contributed by atoms with Crippen LogP contribution in [0.4, 0.5) is 0 Å². The molecule has 0 saturated carbocycles. The van der Waals surface area contributed by atoms with Crippen LogP contribution in [0.15, 0.2) is 0 Å². The standard InChI is InChI=1S/C8H15NO2/c1-7(10)9-8-3-2-5-11-6-4-8/h8H,2-6H2,1H3,(H,9,10). The minimum atomic E-state index is 0.0666. The molecule has 1 N–H and O–H groups in total. The fraction of sp³-hybridized carbons (Fsp3) is 0.875. The van der Waals surface area contributed by atoms with Crippen molar-refractivity contribution in [2.45, 2.75) is 32.2 Å². The number of ether oxygens (including phenoxy) is 1. The summed E-state index contributed by atoms with van der Waals surface area (Å²) in [6, 6.07) is 0.343. The highest BCUT2D eigenvalue weighted by Crippen LogP contribution is 2.07. The molecule has 3 heteroatoms. The third kappa shape index (κ3) is 3.37. The molecule has 1 amide bonds. The fourth-order valence-electron chi connectivity index (χ4n) is 1.34. The second kappa shape index (κ2) is 4.34. The summed E-state index contributed by atoms with van der Waals surface area (Å²) in [4.78, 5) is 10.7. The van der Waals surface area contributed by atoms with Crippen LogP contribution in [0.25, 0.3) is 0 Å². The summed E-state index contributed by atoms with van der Waals surface area (Å²) in [5.41, 5.74) is 0. The summed E-state index contributed by atoms with van der Waals surface area (Å²) in [6.07, 6.45) is 3.07. The van der Waals surface area contributed by atoms with Crippen molar-refractivity contribution in [3.63, 3.8) is 0 Å². The van der Waals surface area contributed by atoms with Gasteiger partial charge in [0.05, 0.1) is 0 Å². The van der Waals surface area contributed by atoms with Crippen molar-refractivity contribution in [2.24, 2.45) is 0 Å². The molecule has 0 spiro atoms. The van der Waals surface area contributed by atoms with Gasteiger partial charge in [-0.15, -0.1) is 0 Å². The third-order valence-corrected chi connectivity index (χ3v) is 1.86. The van der Waals surface area contributed by atoms with Gasteiger partial charge in [0.1, 0.15) is 0 Å². The second-order valence-corrected chi connectivity index (χ2v) is 2.94. The summed E-state index contributed by atoms with van der Waals surface area (Å²) >= 11 is 0. The minimum absolute atomic E-state index is 0.0666. The normalized spacial score (nSPS) is 25.7. The highest BCUT2D eigenvalue weighted by molar-refractivity contribution is 5.73. The lowest BCUT2D eigenvalue weighted by Crippen LogP contribution is -2.32. The van der Waals surface area contributed by atoms with Crippen molar-refractivity contribution in [1.82, 2.24) is 5.32 Å². The van der Waals surface area contributed by atoms with Gasteiger partial charge in [-0.05, 0) is 19.3 Å². The topological polar surface area (TPSA) is 38.3 Å². The van der Waals surface area contributed by atoms with E-state index < -0.39 is 0 Å². The van der Waals surface area contributed by atoms with Crippen LogP contribution in [0.5, 0.6) is 0 Å². The van der Waals surface area contributed by atoms with Crippen molar-refractivity contribution >= 4 is 5.91 Å². The first-order valence-corrected chi connectivity index (χ1v) is 4.14. The molecule has 1 aliphatic heterocycles. The molecule has 0 radical (unpaired) electrons. The molecule has 1 atom stereocenters. The van der Waals surface area contributed by atoms with E-state index in [1.54, 1.807) is 6.92 Å². The summed E-state index contributed by atoms with van der Waals surface area (Å²) in [7, 11) is 0. The van der Waals surface area contributed by atoms with Gasteiger partial charge in [-0.1, -0.05) is 0 Å². The van der Waals surface area contributed by atoms with Crippen LogP contribution >= 0.6 is 0 Å². The summed E-state index contributed by atoms with van der Waals surface area (Å²) in [5, 5.41) is 2.90. The minimum Gasteiger partial charge on any atom is -0.381 e. The van der Waals surface area contributed by atoms with Crippen LogP contribution in [0, 0.1) is 0 Å². The zero-order chi connectivity index (χ0) is 8.10. The molecule has 0 aliphatic carbocycles. The first-order valence-electron chi connectivity index (χ1n) is 4.14. The van der Waals surface area contributed by atoms with E-state index in [0.29, 0.717) is 6.04 Å². The quantitative estimate of drug-likeness (QED) is 0.608. The Bertz CT molecular complexity index is 128. The molecule has 1 fully saturated rings. The summed E-state index contributed by atoms with van der Waals surface area (Å²) in [5.74, 6) is 0.0666. The van der Waals surface area contributed by atoms with Gasteiger partial charge in [0, 0.05) is 26.2 Å². The van der Waals surface area contributed by atoms with Gasteiger partial charge in [-0.25, -0.2) is 0 Å². The number of carbonyl (C=O) groups excluding carboxylic acids is 1. The van der Waals surface area contributed by atoms with E-state index in [4.69, 9.17) is 4.74 Å². The Hall–Kier alpha value is -0.570. The Balaban J connectivity index is 2.25. The number of nitrogens with one attached hydrogen (secondary N) is 1. The van der Waals surface area contributed by atoms with E-state index in [9.17, 15) is 4.79 Å². The van der Waals surface area contributed by atoms with E-state index in [1.807, 2.05) is 0 Å². The van der Waals surface area contributed by atoms with E-state index in [-0.39, 0.29) is 5.91 Å². The molecule has 1 rings (SSSR count). The Kier molecular flexibility index (Phi) is 3.36. The van der Waals surface area contributed by atoms with Crippen molar-refractivity contribution in [3.05, 3.63) is 0 Å². The Morgan fingerprint density at radius 1 is 1.45 bits per heavy atom. The maximum absolute atomic E-state index is 10.7. The fourth-order valence-corrected chi connectivity index (χ4v) is 1.34. The van der Waals surface area contributed by atoms with Crippen molar-refractivity contribution < 1.29 is 9.53 Å². The number of carbonyl (C=O) groups is 1. The molecule has 3 nitrogen and oxygen atoms in total. The molecule has 1 saturated heterocycles. The lowest BCUT2D eigenvalue weighted by atomic mass is 10.1. The maximum Gasteiger partial charge on any atom is 0.217 e. The van der Waals surface area contributed by atoms with E-state index in [1.165, 1.54) is 0 Å². The number of rotatable bonds is 1. The predicted molar refractivity (Wildman–Crippen MR) is 42.3 cm³/mol. The number of hydrogen-bond acceptors (Lipinski definition) is 2. The van der Waals surface area contributed by atoms with Crippen LogP contribution in [-0.2, 0) is 9.53 Å². The first-order chi connectivity index (χ1) is 5.29. The van der Waals surface area contributed by atoms with Gasteiger partial charge in [-0.2, -0.15) is 0 Å². The lowest BCUT2D eigenvalue weighted by Gasteiger charge is -2.13. The zero-order valence-corrected chi connectivity index (χ0v) is 6.93. The van der Waals surface area contributed by atoms with Gasteiger partial charge < -0.3 is 10.1 Å². The van der Waals surface area contributed by atoms with Gasteiger partial charge >= 0.3 is 0 Å². The third-order valence-electron chi connectivity index (χ3n) is 1.86. The summed E-state index contributed by atoms with van der Waals surface area (Å²) in [6.45, 7) is 3.19.